The molecule has 2 aromatic heterocycles. The zero-order chi connectivity index (χ0) is 21.4. The van der Waals surface area contributed by atoms with Crippen molar-refractivity contribution in [3.05, 3.63) is 76.1 Å². The average molecular weight is 433 g/mol. The lowest BCUT2D eigenvalue weighted by atomic mass is 10.1. The minimum atomic E-state index is -0.330. The number of carbonyl (C=O) groups is 1. The van der Waals surface area contributed by atoms with E-state index < -0.39 is 0 Å². The van der Waals surface area contributed by atoms with Gasteiger partial charge in [-0.2, -0.15) is 9.90 Å². The summed E-state index contributed by atoms with van der Waals surface area (Å²) in [7, 11) is 0. The molecule has 0 atom stereocenters. The second-order valence-electron chi connectivity index (χ2n) is 7.11. The predicted molar refractivity (Wildman–Crippen MR) is 116 cm³/mol. The number of aryl methyl sites for hydroxylation is 2. The van der Waals surface area contributed by atoms with Gasteiger partial charge in [0.1, 0.15) is 0 Å². The van der Waals surface area contributed by atoms with Gasteiger partial charge in [0, 0.05) is 11.3 Å². The molecule has 0 aliphatic carbocycles. The Balaban J connectivity index is 1.32. The third-order valence-corrected chi connectivity index (χ3v) is 5.97. The molecule has 1 amide bonds. The minimum absolute atomic E-state index is 0.253. The van der Waals surface area contributed by atoms with Crippen LogP contribution in [0.25, 0.3) is 5.69 Å². The number of thiazole rings is 1. The highest BCUT2D eigenvalue weighted by Gasteiger charge is 2.19. The first kappa shape index (κ1) is 19.3. The Kier molecular flexibility index (Phi) is 4.87. The van der Waals surface area contributed by atoms with Gasteiger partial charge in [-0.05, 0) is 43.7 Å². The van der Waals surface area contributed by atoms with E-state index in [0.29, 0.717) is 17.2 Å². The number of amides is 1. The lowest BCUT2D eigenvalue weighted by molar-refractivity contribution is 0.102. The first-order chi connectivity index (χ1) is 15.1. The normalized spacial score (nSPS) is 12.2. The first-order valence-electron chi connectivity index (χ1n) is 9.72. The third kappa shape index (κ3) is 3.87. The molecule has 9 heteroatoms. The number of para-hydroxylation sites is 1. The summed E-state index contributed by atoms with van der Waals surface area (Å²) in [5.74, 6) is 1.19. The minimum Gasteiger partial charge on any atom is -0.454 e. The lowest BCUT2D eigenvalue weighted by Crippen LogP contribution is -2.14. The van der Waals surface area contributed by atoms with Crippen molar-refractivity contribution in [3.63, 3.8) is 0 Å². The molecule has 1 N–H and O–H groups in total. The van der Waals surface area contributed by atoms with E-state index in [-0.39, 0.29) is 18.4 Å². The van der Waals surface area contributed by atoms with Gasteiger partial charge in [0.05, 0.1) is 17.1 Å². The lowest BCUT2D eigenvalue weighted by Gasteiger charge is -2.02. The Bertz CT molecular complexity index is 1270. The van der Waals surface area contributed by atoms with Gasteiger partial charge in [-0.3, -0.25) is 10.1 Å². The summed E-state index contributed by atoms with van der Waals surface area (Å²) in [6, 6.07) is 15.4. The molecular formula is C22H19N5O3S. The second kappa shape index (κ2) is 7.84. The van der Waals surface area contributed by atoms with Crippen LogP contribution in [-0.2, 0) is 6.42 Å². The summed E-state index contributed by atoms with van der Waals surface area (Å²) in [4.78, 5) is 19.8. The van der Waals surface area contributed by atoms with Crippen molar-refractivity contribution < 1.29 is 14.3 Å². The Morgan fingerprint density at radius 2 is 1.87 bits per heavy atom. The number of hydrogen-bond acceptors (Lipinski definition) is 7. The molecule has 0 unspecified atom stereocenters. The monoisotopic (exact) mass is 433 g/mol. The van der Waals surface area contributed by atoms with E-state index in [9.17, 15) is 4.79 Å². The van der Waals surface area contributed by atoms with Crippen LogP contribution in [0.5, 0.6) is 11.5 Å². The Morgan fingerprint density at radius 1 is 1.06 bits per heavy atom. The number of hydrogen-bond donors (Lipinski definition) is 1. The summed E-state index contributed by atoms with van der Waals surface area (Å²) >= 11 is 1.45. The molecule has 0 fully saturated rings. The molecule has 0 spiro atoms. The summed E-state index contributed by atoms with van der Waals surface area (Å²) in [6.45, 7) is 3.95. The Hall–Kier alpha value is -3.72. The van der Waals surface area contributed by atoms with E-state index in [0.717, 1.165) is 33.3 Å². The van der Waals surface area contributed by atoms with E-state index in [4.69, 9.17) is 9.47 Å². The molecule has 5 rings (SSSR count). The Morgan fingerprint density at radius 3 is 2.71 bits per heavy atom. The van der Waals surface area contributed by atoms with Gasteiger partial charge < -0.3 is 9.47 Å². The number of fused-ring (bicyclic) bond motifs is 1. The molecule has 156 valence electrons. The number of ether oxygens (including phenoxy) is 2. The van der Waals surface area contributed by atoms with E-state index in [2.05, 4.69) is 20.5 Å². The number of rotatable bonds is 5. The van der Waals surface area contributed by atoms with Crippen molar-refractivity contribution in [1.29, 1.82) is 0 Å². The number of aromatic nitrogens is 4. The molecule has 3 heterocycles. The van der Waals surface area contributed by atoms with Gasteiger partial charge in [0.15, 0.2) is 22.3 Å². The topological polar surface area (TPSA) is 91.2 Å². The fourth-order valence-corrected chi connectivity index (χ4v) is 4.30. The van der Waals surface area contributed by atoms with Gasteiger partial charge in [0.2, 0.25) is 6.79 Å². The number of nitrogens with one attached hydrogen (secondary N) is 1. The molecule has 1 aliphatic heterocycles. The number of nitrogens with zero attached hydrogens (tertiary/aromatic N) is 4. The summed E-state index contributed by atoms with van der Waals surface area (Å²) in [5, 5.41) is 12.1. The van der Waals surface area contributed by atoms with E-state index in [1.54, 1.807) is 6.92 Å². The quantitative estimate of drug-likeness (QED) is 0.513. The Labute approximate surface area is 182 Å². The van der Waals surface area contributed by atoms with Gasteiger partial charge >= 0.3 is 0 Å². The fraction of sp³-hybridized carbons (Fsp3) is 0.182. The molecule has 0 radical (unpaired) electrons. The molecule has 2 aromatic carbocycles. The fourth-order valence-electron chi connectivity index (χ4n) is 3.30. The number of anilines is 1. The number of carbonyl (C=O) groups excluding carboxylic acids is 1. The van der Waals surface area contributed by atoms with Crippen LogP contribution in [0.3, 0.4) is 0 Å². The zero-order valence-electron chi connectivity index (χ0n) is 17.0. The predicted octanol–water partition coefficient (Wildman–Crippen LogP) is 3.91. The van der Waals surface area contributed by atoms with Gasteiger partial charge in [0.25, 0.3) is 5.91 Å². The highest BCUT2D eigenvalue weighted by atomic mass is 32.1. The standard InChI is InChI=1S/C22H19N5O3S/c1-13-19(11-15-8-9-17-18(10-15)30-12-29-17)31-22(23-13)24-21(28)20-14(2)25-27(26-20)16-6-4-3-5-7-16/h3-10H,11-12H2,1-2H3,(H,23,24,28). The maximum absolute atomic E-state index is 12.8. The smallest absolute Gasteiger partial charge is 0.279 e. The van der Waals surface area contributed by atoms with Crippen LogP contribution < -0.4 is 14.8 Å². The van der Waals surface area contributed by atoms with Crippen molar-refractivity contribution in [2.45, 2.75) is 20.3 Å². The van der Waals surface area contributed by atoms with Crippen molar-refractivity contribution in [2.24, 2.45) is 0 Å². The maximum Gasteiger partial charge on any atom is 0.279 e. The van der Waals surface area contributed by atoms with Crippen molar-refractivity contribution in [3.8, 4) is 17.2 Å². The molecular weight excluding hydrogens is 414 g/mol. The van der Waals surface area contributed by atoms with E-state index >= 15 is 0 Å². The van der Waals surface area contributed by atoms with Crippen LogP contribution in [0.15, 0.2) is 48.5 Å². The van der Waals surface area contributed by atoms with Crippen LogP contribution >= 0.6 is 11.3 Å². The molecule has 0 bridgehead atoms. The summed E-state index contributed by atoms with van der Waals surface area (Å²) in [6.07, 6.45) is 0.694. The van der Waals surface area contributed by atoms with E-state index in [1.807, 2.05) is 55.5 Å². The average Bonchev–Trinajstić information content (AvgIpc) is 3.47. The molecule has 0 saturated carbocycles. The van der Waals surface area contributed by atoms with Gasteiger partial charge in [-0.1, -0.05) is 24.3 Å². The van der Waals surface area contributed by atoms with Gasteiger partial charge in [-0.15, -0.1) is 16.4 Å². The van der Waals surface area contributed by atoms with Crippen LogP contribution in [0.1, 0.15) is 32.3 Å². The summed E-state index contributed by atoms with van der Waals surface area (Å²) < 4.78 is 10.8. The van der Waals surface area contributed by atoms with Crippen LogP contribution in [0, 0.1) is 13.8 Å². The highest BCUT2D eigenvalue weighted by Crippen LogP contribution is 2.34. The van der Waals surface area contributed by atoms with E-state index in [1.165, 1.54) is 16.1 Å². The molecule has 31 heavy (non-hydrogen) atoms. The molecule has 1 aliphatic rings. The number of benzene rings is 2. The molecule has 4 aromatic rings. The maximum atomic E-state index is 12.8. The van der Waals surface area contributed by atoms with Crippen molar-refractivity contribution >= 4 is 22.4 Å². The second-order valence-corrected chi connectivity index (χ2v) is 8.19. The summed E-state index contributed by atoms with van der Waals surface area (Å²) in [5.41, 5.74) is 3.59. The highest BCUT2D eigenvalue weighted by molar-refractivity contribution is 7.15. The molecule has 0 saturated heterocycles. The SMILES string of the molecule is Cc1nn(-c2ccccc2)nc1C(=O)Nc1nc(C)c(Cc2ccc3c(c2)OCO3)s1. The van der Waals surface area contributed by atoms with Crippen LogP contribution in [-0.4, -0.2) is 32.7 Å². The first-order valence-corrected chi connectivity index (χ1v) is 10.5. The van der Waals surface area contributed by atoms with Crippen LogP contribution in [0.4, 0.5) is 5.13 Å². The largest absolute Gasteiger partial charge is 0.454 e. The van der Waals surface area contributed by atoms with Crippen molar-refractivity contribution in [2.75, 3.05) is 12.1 Å². The van der Waals surface area contributed by atoms with Gasteiger partial charge in [-0.25, -0.2) is 4.98 Å². The van der Waals surface area contributed by atoms with Crippen LogP contribution in [0.2, 0.25) is 0 Å². The third-order valence-electron chi connectivity index (χ3n) is 4.90. The van der Waals surface area contributed by atoms with Crippen molar-refractivity contribution in [1.82, 2.24) is 20.0 Å². The zero-order valence-corrected chi connectivity index (χ0v) is 17.8. The molecule has 8 nitrogen and oxygen atoms in total.